The van der Waals surface area contributed by atoms with Crippen LogP contribution in [-0.2, 0) is 9.53 Å². The molecule has 0 saturated heterocycles. The maximum atomic E-state index is 12.2. The summed E-state index contributed by atoms with van der Waals surface area (Å²) in [6.45, 7) is 2.16. The van der Waals surface area contributed by atoms with Gasteiger partial charge in [-0.25, -0.2) is 4.79 Å². The number of methoxy groups -OCH3 is 2. The predicted molar refractivity (Wildman–Crippen MR) is 75.1 cm³/mol. The molecule has 1 aliphatic rings. The van der Waals surface area contributed by atoms with Gasteiger partial charge in [0.25, 0.3) is 0 Å². The zero-order valence-corrected chi connectivity index (χ0v) is 12.1. The maximum absolute atomic E-state index is 12.2. The minimum absolute atomic E-state index is 0.286. The number of hydrogen-bond donors (Lipinski definition) is 1. The van der Waals surface area contributed by atoms with E-state index in [2.05, 4.69) is 5.32 Å². The Kier molecular flexibility index (Phi) is 4.84. The van der Waals surface area contributed by atoms with Gasteiger partial charge in [-0.3, -0.25) is 5.32 Å². The van der Waals surface area contributed by atoms with E-state index in [-0.39, 0.29) is 5.97 Å². The van der Waals surface area contributed by atoms with Gasteiger partial charge in [0.2, 0.25) is 0 Å². The SMILES string of the molecule is CCOC(=O)C(NC1CC1)c1cccc(OC)c1OC. The number of ether oxygens (including phenoxy) is 3. The third-order valence-corrected chi connectivity index (χ3v) is 3.25. The molecule has 0 radical (unpaired) electrons. The molecule has 1 aromatic carbocycles. The Balaban J connectivity index is 2.33. The van der Waals surface area contributed by atoms with E-state index in [4.69, 9.17) is 14.2 Å². The highest BCUT2D eigenvalue weighted by molar-refractivity contribution is 5.79. The molecule has 5 nitrogen and oxygen atoms in total. The van der Waals surface area contributed by atoms with Crippen LogP contribution in [0.2, 0.25) is 0 Å². The van der Waals surface area contributed by atoms with E-state index in [0.29, 0.717) is 24.1 Å². The van der Waals surface area contributed by atoms with Crippen LogP contribution in [-0.4, -0.2) is 32.8 Å². The molecule has 5 heteroatoms. The molecule has 0 heterocycles. The molecule has 1 aliphatic carbocycles. The molecule has 0 aliphatic heterocycles. The summed E-state index contributed by atoms with van der Waals surface area (Å²) in [5, 5.41) is 3.31. The fourth-order valence-electron chi connectivity index (χ4n) is 2.14. The Bertz CT molecular complexity index is 471. The number of rotatable bonds is 7. The molecule has 1 unspecified atom stereocenters. The molecule has 1 aromatic rings. The summed E-state index contributed by atoms with van der Waals surface area (Å²) in [7, 11) is 3.15. The van der Waals surface area contributed by atoms with Gasteiger partial charge in [-0.15, -0.1) is 0 Å². The van der Waals surface area contributed by atoms with Crippen LogP contribution in [0.5, 0.6) is 11.5 Å². The van der Waals surface area contributed by atoms with E-state index >= 15 is 0 Å². The van der Waals surface area contributed by atoms with Crippen molar-refractivity contribution in [3.8, 4) is 11.5 Å². The third kappa shape index (κ3) is 3.22. The fraction of sp³-hybridized carbons (Fsp3) is 0.533. The Morgan fingerprint density at radius 1 is 1.35 bits per heavy atom. The highest BCUT2D eigenvalue weighted by Gasteiger charge is 2.32. The Morgan fingerprint density at radius 3 is 2.65 bits per heavy atom. The van der Waals surface area contributed by atoms with Crippen LogP contribution in [0, 0.1) is 0 Å². The molecular formula is C15H21NO4. The smallest absolute Gasteiger partial charge is 0.327 e. The molecule has 1 N–H and O–H groups in total. The largest absolute Gasteiger partial charge is 0.493 e. The number of benzene rings is 1. The molecule has 2 rings (SSSR count). The summed E-state index contributed by atoms with van der Waals surface area (Å²) in [6, 6.07) is 5.37. The topological polar surface area (TPSA) is 56.8 Å². The first-order chi connectivity index (χ1) is 9.71. The maximum Gasteiger partial charge on any atom is 0.327 e. The van der Waals surface area contributed by atoms with Crippen molar-refractivity contribution in [2.24, 2.45) is 0 Å². The molecular weight excluding hydrogens is 258 g/mol. The van der Waals surface area contributed by atoms with Gasteiger partial charge in [0.1, 0.15) is 6.04 Å². The van der Waals surface area contributed by atoms with Gasteiger partial charge in [0.05, 0.1) is 20.8 Å². The van der Waals surface area contributed by atoms with Crippen LogP contribution in [0.25, 0.3) is 0 Å². The molecule has 0 aromatic heterocycles. The summed E-state index contributed by atoms with van der Waals surface area (Å²) >= 11 is 0. The van der Waals surface area contributed by atoms with Crippen LogP contribution in [0.1, 0.15) is 31.4 Å². The highest BCUT2D eigenvalue weighted by atomic mass is 16.5. The van der Waals surface area contributed by atoms with E-state index in [1.807, 2.05) is 18.2 Å². The summed E-state index contributed by atoms with van der Waals surface area (Å²) in [5.74, 6) is 0.893. The van der Waals surface area contributed by atoms with Crippen molar-refractivity contribution < 1.29 is 19.0 Å². The lowest BCUT2D eigenvalue weighted by molar-refractivity contribution is -0.146. The second-order valence-corrected chi connectivity index (χ2v) is 4.71. The van der Waals surface area contributed by atoms with Crippen LogP contribution in [0.4, 0.5) is 0 Å². The second-order valence-electron chi connectivity index (χ2n) is 4.71. The summed E-state index contributed by atoms with van der Waals surface area (Å²) < 4.78 is 15.9. The molecule has 110 valence electrons. The van der Waals surface area contributed by atoms with Gasteiger partial charge in [0, 0.05) is 11.6 Å². The lowest BCUT2D eigenvalue weighted by Crippen LogP contribution is -2.32. The average Bonchev–Trinajstić information content (AvgIpc) is 3.28. The Labute approximate surface area is 119 Å². The monoisotopic (exact) mass is 279 g/mol. The van der Waals surface area contributed by atoms with Gasteiger partial charge in [0.15, 0.2) is 11.5 Å². The first-order valence-corrected chi connectivity index (χ1v) is 6.84. The van der Waals surface area contributed by atoms with Crippen molar-refractivity contribution in [2.45, 2.75) is 31.8 Å². The highest BCUT2D eigenvalue weighted by Crippen LogP contribution is 2.36. The first-order valence-electron chi connectivity index (χ1n) is 6.84. The van der Waals surface area contributed by atoms with E-state index in [0.717, 1.165) is 18.4 Å². The minimum atomic E-state index is -0.521. The fourth-order valence-corrected chi connectivity index (χ4v) is 2.14. The van der Waals surface area contributed by atoms with Gasteiger partial charge in [-0.05, 0) is 25.8 Å². The molecule has 0 bridgehead atoms. The number of hydrogen-bond acceptors (Lipinski definition) is 5. The minimum Gasteiger partial charge on any atom is -0.493 e. The number of nitrogens with one attached hydrogen (secondary N) is 1. The van der Waals surface area contributed by atoms with E-state index in [1.54, 1.807) is 21.1 Å². The van der Waals surface area contributed by atoms with Crippen molar-refractivity contribution >= 4 is 5.97 Å². The zero-order valence-electron chi connectivity index (χ0n) is 12.1. The van der Waals surface area contributed by atoms with Crippen molar-refractivity contribution in [3.63, 3.8) is 0 Å². The third-order valence-electron chi connectivity index (χ3n) is 3.25. The van der Waals surface area contributed by atoms with Crippen molar-refractivity contribution in [1.29, 1.82) is 0 Å². The quantitative estimate of drug-likeness (QED) is 0.774. The summed E-state index contributed by atoms with van der Waals surface area (Å²) in [6.07, 6.45) is 2.17. The van der Waals surface area contributed by atoms with Crippen LogP contribution < -0.4 is 14.8 Å². The van der Waals surface area contributed by atoms with Crippen LogP contribution >= 0.6 is 0 Å². The Hall–Kier alpha value is -1.75. The first kappa shape index (κ1) is 14.7. The summed E-state index contributed by atoms with van der Waals surface area (Å²) in [4.78, 5) is 12.2. The van der Waals surface area contributed by atoms with Crippen molar-refractivity contribution in [2.75, 3.05) is 20.8 Å². The standard InChI is InChI=1S/C15H21NO4/c1-4-20-15(17)13(16-10-8-9-10)11-6-5-7-12(18-2)14(11)19-3/h5-7,10,13,16H,4,8-9H2,1-3H3. The lowest BCUT2D eigenvalue weighted by atomic mass is 10.0. The van der Waals surface area contributed by atoms with Crippen molar-refractivity contribution in [1.82, 2.24) is 5.32 Å². The van der Waals surface area contributed by atoms with E-state index in [1.165, 1.54) is 0 Å². The molecule has 20 heavy (non-hydrogen) atoms. The zero-order chi connectivity index (χ0) is 14.5. The number of para-hydroxylation sites is 1. The molecule has 1 saturated carbocycles. The van der Waals surface area contributed by atoms with Crippen LogP contribution in [0.3, 0.4) is 0 Å². The van der Waals surface area contributed by atoms with Gasteiger partial charge >= 0.3 is 5.97 Å². The number of carbonyl (C=O) groups is 1. The lowest BCUT2D eigenvalue weighted by Gasteiger charge is -2.21. The number of esters is 1. The number of carbonyl (C=O) groups excluding carboxylic acids is 1. The molecule has 1 atom stereocenters. The van der Waals surface area contributed by atoms with Crippen LogP contribution in [0.15, 0.2) is 18.2 Å². The Morgan fingerprint density at radius 2 is 2.10 bits per heavy atom. The normalized spacial score (nSPS) is 15.6. The van der Waals surface area contributed by atoms with Gasteiger partial charge in [-0.1, -0.05) is 12.1 Å². The molecule has 0 spiro atoms. The second kappa shape index (κ2) is 6.61. The summed E-state index contributed by atoms with van der Waals surface area (Å²) in [5.41, 5.74) is 0.747. The van der Waals surface area contributed by atoms with E-state index in [9.17, 15) is 4.79 Å². The average molecular weight is 279 g/mol. The van der Waals surface area contributed by atoms with Gasteiger partial charge < -0.3 is 14.2 Å². The molecule has 0 amide bonds. The van der Waals surface area contributed by atoms with Gasteiger partial charge in [-0.2, -0.15) is 0 Å². The predicted octanol–water partition coefficient (Wildman–Crippen LogP) is 2.06. The van der Waals surface area contributed by atoms with E-state index < -0.39 is 6.04 Å². The van der Waals surface area contributed by atoms with Crippen molar-refractivity contribution in [3.05, 3.63) is 23.8 Å². The molecule has 1 fully saturated rings.